The molecule has 0 aliphatic carbocycles. The van der Waals surface area contributed by atoms with E-state index < -0.39 is 0 Å². The SMILES string of the molecule is COc1ccccc1C=CC(=O)N(C)CC(=O)Nc1cc(C)ccn1. The van der Waals surface area contributed by atoms with Gasteiger partial charge >= 0.3 is 0 Å². The Morgan fingerprint density at radius 2 is 2.04 bits per heavy atom. The summed E-state index contributed by atoms with van der Waals surface area (Å²) in [6.45, 7) is 1.85. The summed E-state index contributed by atoms with van der Waals surface area (Å²) in [5.41, 5.74) is 1.79. The average molecular weight is 339 g/mol. The van der Waals surface area contributed by atoms with Crippen molar-refractivity contribution in [3.63, 3.8) is 0 Å². The summed E-state index contributed by atoms with van der Waals surface area (Å²) < 4.78 is 5.23. The van der Waals surface area contributed by atoms with E-state index in [1.54, 1.807) is 32.5 Å². The number of ether oxygens (including phenoxy) is 1. The molecule has 130 valence electrons. The van der Waals surface area contributed by atoms with E-state index in [-0.39, 0.29) is 18.4 Å². The number of pyridine rings is 1. The highest BCUT2D eigenvalue weighted by Gasteiger charge is 2.11. The predicted molar refractivity (Wildman–Crippen MR) is 97.3 cm³/mol. The molecule has 6 heteroatoms. The zero-order chi connectivity index (χ0) is 18.2. The maximum Gasteiger partial charge on any atom is 0.246 e. The zero-order valence-electron chi connectivity index (χ0n) is 14.5. The van der Waals surface area contributed by atoms with Crippen LogP contribution in [0.4, 0.5) is 5.82 Å². The molecule has 2 aromatic rings. The molecule has 0 aliphatic heterocycles. The van der Waals surface area contributed by atoms with E-state index in [0.29, 0.717) is 11.6 Å². The van der Waals surface area contributed by atoms with Gasteiger partial charge in [0.15, 0.2) is 0 Å². The van der Waals surface area contributed by atoms with E-state index >= 15 is 0 Å². The number of aromatic nitrogens is 1. The van der Waals surface area contributed by atoms with Crippen LogP contribution in [0.3, 0.4) is 0 Å². The maximum atomic E-state index is 12.2. The van der Waals surface area contributed by atoms with Crippen molar-refractivity contribution in [3.05, 3.63) is 59.8 Å². The number of amides is 2. The Kier molecular flexibility index (Phi) is 6.28. The first-order chi connectivity index (χ1) is 12.0. The van der Waals surface area contributed by atoms with E-state index in [4.69, 9.17) is 4.74 Å². The fraction of sp³-hybridized carbons (Fsp3) is 0.211. The second kappa shape index (κ2) is 8.63. The summed E-state index contributed by atoms with van der Waals surface area (Å²) in [7, 11) is 3.14. The second-order valence-corrected chi connectivity index (χ2v) is 5.54. The molecular weight excluding hydrogens is 318 g/mol. The smallest absolute Gasteiger partial charge is 0.246 e. The van der Waals surface area contributed by atoms with Gasteiger partial charge in [0.05, 0.1) is 13.7 Å². The largest absolute Gasteiger partial charge is 0.496 e. The van der Waals surface area contributed by atoms with Crippen molar-refractivity contribution in [1.29, 1.82) is 0 Å². The van der Waals surface area contributed by atoms with Gasteiger partial charge in [-0.25, -0.2) is 4.98 Å². The van der Waals surface area contributed by atoms with Crippen LogP contribution >= 0.6 is 0 Å². The molecule has 0 saturated heterocycles. The zero-order valence-corrected chi connectivity index (χ0v) is 14.5. The number of aryl methyl sites for hydroxylation is 1. The quantitative estimate of drug-likeness (QED) is 0.821. The van der Waals surface area contributed by atoms with Gasteiger partial charge in [-0.15, -0.1) is 0 Å². The third-order valence-corrected chi connectivity index (χ3v) is 3.48. The minimum absolute atomic E-state index is 0.0648. The topological polar surface area (TPSA) is 71.5 Å². The Morgan fingerprint density at radius 1 is 1.28 bits per heavy atom. The average Bonchev–Trinajstić information content (AvgIpc) is 2.59. The van der Waals surface area contributed by atoms with Gasteiger partial charge in [0.2, 0.25) is 11.8 Å². The van der Waals surface area contributed by atoms with Crippen LogP contribution in [-0.4, -0.2) is 42.4 Å². The molecule has 0 bridgehead atoms. The van der Waals surface area contributed by atoms with Gasteiger partial charge in [-0.2, -0.15) is 0 Å². The number of rotatable bonds is 6. The fourth-order valence-corrected chi connectivity index (χ4v) is 2.17. The number of anilines is 1. The third kappa shape index (κ3) is 5.46. The second-order valence-electron chi connectivity index (χ2n) is 5.54. The highest BCUT2D eigenvalue weighted by Crippen LogP contribution is 2.18. The number of benzene rings is 1. The molecule has 0 radical (unpaired) electrons. The molecule has 1 aromatic carbocycles. The van der Waals surface area contributed by atoms with Gasteiger partial charge in [-0.3, -0.25) is 9.59 Å². The number of hydrogen-bond donors (Lipinski definition) is 1. The number of likely N-dealkylation sites (N-methyl/N-ethyl adjacent to an activating group) is 1. The molecule has 0 aliphatic rings. The van der Waals surface area contributed by atoms with E-state index in [1.807, 2.05) is 37.3 Å². The van der Waals surface area contributed by atoms with Crippen LogP contribution < -0.4 is 10.1 Å². The monoisotopic (exact) mass is 339 g/mol. The molecule has 1 aromatic heterocycles. The number of hydrogen-bond acceptors (Lipinski definition) is 4. The molecule has 0 atom stereocenters. The third-order valence-electron chi connectivity index (χ3n) is 3.48. The lowest BCUT2D eigenvalue weighted by Crippen LogP contribution is -2.34. The van der Waals surface area contributed by atoms with Crippen LogP contribution in [0.25, 0.3) is 6.08 Å². The van der Waals surface area contributed by atoms with Gasteiger partial charge in [0, 0.05) is 24.9 Å². The standard InChI is InChI=1S/C19H21N3O3/c1-14-10-11-20-17(12-14)21-18(23)13-22(2)19(24)9-8-15-6-4-5-7-16(15)25-3/h4-12H,13H2,1-3H3,(H,20,21,23). The van der Waals surface area contributed by atoms with Crippen molar-refractivity contribution in [2.24, 2.45) is 0 Å². The van der Waals surface area contributed by atoms with Gasteiger partial charge in [0.25, 0.3) is 0 Å². The van der Waals surface area contributed by atoms with Crippen LogP contribution in [0.1, 0.15) is 11.1 Å². The predicted octanol–water partition coefficient (Wildman–Crippen LogP) is 2.51. The van der Waals surface area contributed by atoms with Gasteiger partial charge in [0.1, 0.15) is 11.6 Å². The normalized spacial score (nSPS) is 10.5. The summed E-state index contributed by atoms with van der Waals surface area (Å²) in [5, 5.41) is 2.67. The Labute approximate surface area is 147 Å². The number of carbonyl (C=O) groups excluding carboxylic acids is 2. The molecule has 6 nitrogen and oxygen atoms in total. The van der Waals surface area contributed by atoms with Crippen molar-refractivity contribution < 1.29 is 14.3 Å². The molecule has 0 fully saturated rings. The lowest BCUT2D eigenvalue weighted by Gasteiger charge is -2.14. The highest BCUT2D eigenvalue weighted by molar-refractivity contribution is 5.97. The minimum atomic E-state index is -0.306. The number of para-hydroxylation sites is 1. The Morgan fingerprint density at radius 3 is 2.76 bits per heavy atom. The molecule has 0 unspecified atom stereocenters. The van der Waals surface area contributed by atoms with E-state index in [1.165, 1.54) is 11.0 Å². The lowest BCUT2D eigenvalue weighted by atomic mass is 10.2. The van der Waals surface area contributed by atoms with E-state index in [2.05, 4.69) is 10.3 Å². The van der Waals surface area contributed by atoms with Crippen LogP contribution in [-0.2, 0) is 9.59 Å². The van der Waals surface area contributed by atoms with Crippen LogP contribution in [0.2, 0.25) is 0 Å². The van der Waals surface area contributed by atoms with Crippen molar-refractivity contribution in [2.75, 3.05) is 26.0 Å². The summed E-state index contributed by atoms with van der Waals surface area (Å²) in [5.74, 6) is 0.561. The summed E-state index contributed by atoms with van der Waals surface area (Å²) >= 11 is 0. The number of methoxy groups -OCH3 is 1. The Balaban J connectivity index is 1.93. The van der Waals surface area contributed by atoms with Gasteiger partial charge in [-0.05, 0) is 36.8 Å². The first-order valence-electron chi connectivity index (χ1n) is 7.78. The van der Waals surface area contributed by atoms with E-state index in [9.17, 15) is 9.59 Å². The van der Waals surface area contributed by atoms with Crippen molar-refractivity contribution in [2.45, 2.75) is 6.92 Å². The molecule has 0 spiro atoms. The molecule has 2 rings (SSSR count). The summed E-state index contributed by atoms with van der Waals surface area (Å²) in [4.78, 5) is 29.6. The van der Waals surface area contributed by atoms with Crippen molar-refractivity contribution >= 4 is 23.7 Å². The maximum absolute atomic E-state index is 12.2. The summed E-state index contributed by atoms with van der Waals surface area (Å²) in [6.07, 6.45) is 4.70. The first kappa shape index (κ1) is 18.2. The molecule has 1 heterocycles. The number of nitrogens with one attached hydrogen (secondary N) is 1. The molecule has 0 saturated carbocycles. The van der Waals surface area contributed by atoms with Crippen LogP contribution in [0.15, 0.2) is 48.7 Å². The Hall–Kier alpha value is -3.15. The molecule has 25 heavy (non-hydrogen) atoms. The van der Waals surface area contributed by atoms with Gasteiger partial charge < -0.3 is 15.0 Å². The Bertz CT molecular complexity index is 787. The molecule has 1 N–H and O–H groups in total. The minimum Gasteiger partial charge on any atom is -0.496 e. The van der Waals surface area contributed by atoms with Crippen molar-refractivity contribution in [3.8, 4) is 5.75 Å². The molecular formula is C19H21N3O3. The lowest BCUT2D eigenvalue weighted by molar-refractivity contribution is -0.129. The highest BCUT2D eigenvalue weighted by atomic mass is 16.5. The molecule has 2 amide bonds. The van der Waals surface area contributed by atoms with Crippen molar-refractivity contribution in [1.82, 2.24) is 9.88 Å². The number of carbonyl (C=O) groups is 2. The fourth-order valence-electron chi connectivity index (χ4n) is 2.17. The number of nitrogens with zero attached hydrogens (tertiary/aromatic N) is 2. The first-order valence-corrected chi connectivity index (χ1v) is 7.78. The van der Waals surface area contributed by atoms with E-state index in [0.717, 1.165) is 11.1 Å². The van der Waals surface area contributed by atoms with Gasteiger partial charge in [-0.1, -0.05) is 18.2 Å². The van der Waals surface area contributed by atoms with Crippen LogP contribution in [0.5, 0.6) is 5.75 Å². The summed E-state index contributed by atoms with van der Waals surface area (Å²) in [6, 6.07) is 11.0. The van der Waals surface area contributed by atoms with Crippen LogP contribution in [0, 0.1) is 6.92 Å².